The molecule has 5 atom stereocenters. The monoisotopic (exact) mass is 400 g/mol. The van der Waals surface area contributed by atoms with Gasteiger partial charge in [0.05, 0.1) is 12.1 Å². The van der Waals surface area contributed by atoms with Crippen LogP contribution in [0.5, 0.6) is 0 Å². The van der Waals surface area contributed by atoms with Gasteiger partial charge in [0.2, 0.25) is 5.91 Å². The molecule has 0 bridgehead atoms. The SMILES string of the molecule is CCCCNC(=O)C1O[C@@H](C)C(NC(=O)CCCCCCC(C)C)[C@@H](O)[C@@H]1O. The maximum absolute atomic E-state index is 12.2. The second-order valence-corrected chi connectivity index (χ2v) is 8.33. The first-order valence-corrected chi connectivity index (χ1v) is 10.9. The highest BCUT2D eigenvalue weighted by atomic mass is 16.5. The molecule has 28 heavy (non-hydrogen) atoms. The van der Waals surface area contributed by atoms with E-state index in [2.05, 4.69) is 24.5 Å². The summed E-state index contributed by atoms with van der Waals surface area (Å²) in [5.74, 6) is 0.112. The average Bonchev–Trinajstić information content (AvgIpc) is 2.64. The van der Waals surface area contributed by atoms with Crippen LogP contribution in [0.4, 0.5) is 0 Å². The van der Waals surface area contributed by atoms with Crippen molar-refractivity contribution >= 4 is 11.8 Å². The van der Waals surface area contributed by atoms with E-state index in [1.54, 1.807) is 6.92 Å². The standard InChI is InChI=1S/C21H40N2O5/c1-5-6-13-22-21(27)20-19(26)18(25)17(15(4)28-20)23-16(24)12-10-8-7-9-11-14(2)3/h14-15,17-20,25-26H,5-13H2,1-4H3,(H,22,27)(H,23,24)/t15-,17?,18+,19-,20?/m0/s1. The van der Waals surface area contributed by atoms with Crippen molar-refractivity contribution in [2.24, 2.45) is 5.92 Å². The Hall–Kier alpha value is -1.18. The van der Waals surface area contributed by atoms with E-state index in [9.17, 15) is 19.8 Å². The average molecular weight is 401 g/mol. The van der Waals surface area contributed by atoms with Gasteiger partial charge in [0.15, 0.2) is 6.10 Å². The Morgan fingerprint density at radius 3 is 2.36 bits per heavy atom. The van der Waals surface area contributed by atoms with E-state index in [1.165, 1.54) is 12.8 Å². The van der Waals surface area contributed by atoms with E-state index < -0.39 is 36.4 Å². The zero-order valence-corrected chi connectivity index (χ0v) is 17.9. The second-order valence-electron chi connectivity index (χ2n) is 8.33. The van der Waals surface area contributed by atoms with E-state index in [0.717, 1.165) is 32.1 Å². The highest BCUT2D eigenvalue weighted by Gasteiger charge is 2.46. The van der Waals surface area contributed by atoms with Gasteiger partial charge >= 0.3 is 0 Å². The molecule has 0 spiro atoms. The molecule has 0 aromatic rings. The Bertz CT molecular complexity index is 472. The Balaban J connectivity index is 2.40. The number of carbonyl (C=O) groups excluding carboxylic acids is 2. The molecule has 7 nitrogen and oxygen atoms in total. The normalized spacial score (nSPS) is 27.6. The smallest absolute Gasteiger partial charge is 0.251 e. The van der Waals surface area contributed by atoms with Crippen molar-refractivity contribution < 1.29 is 24.5 Å². The van der Waals surface area contributed by atoms with E-state index >= 15 is 0 Å². The third-order valence-electron chi connectivity index (χ3n) is 5.25. The summed E-state index contributed by atoms with van der Waals surface area (Å²) in [6.45, 7) is 8.63. The van der Waals surface area contributed by atoms with Crippen LogP contribution in [0.2, 0.25) is 0 Å². The fourth-order valence-corrected chi connectivity index (χ4v) is 3.42. The number of hydrogen-bond donors (Lipinski definition) is 4. The van der Waals surface area contributed by atoms with Crippen LogP contribution in [0.25, 0.3) is 0 Å². The lowest BCUT2D eigenvalue weighted by Crippen LogP contribution is -2.65. The van der Waals surface area contributed by atoms with Crippen LogP contribution in [-0.4, -0.2) is 59.0 Å². The molecule has 2 amide bonds. The maximum atomic E-state index is 12.2. The molecule has 1 aliphatic rings. The van der Waals surface area contributed by atoms with Gasteiger partial charge in [-0.1, -0.05) is 52.9 Å². The third-order valence-corrected chi connectivity index (χ3v) is 5.25. The lowest BCUT2D eigenvalue weighted by molar-refractivity contribution is -0.188. The minimum absolute atomic E-state index is 0.165. The first-order chi connectivity index (χ1) is 13.3. The molecule has 0 radical (unpaired) electrons. The quantitative estimate of drug-likeness (QED) is 0.374. The van der Waals surface area contributed by atoms with E-state index in [4.69, 9.17) is 4.74 Å². The summed E-state index contributed by atoms with van der Waals surface area (Å²) in [6.07, 6.45) is 3.14. The van der Waals surface area contributed by atoms with Crippen molar-refractivity contribution in [3.8, 4) is 0 Å². The number of aliphatic hydroxyl groups is 2. The Morgan fingerprint density at radius 1 is 1.04 bits per heavy atom. The Kier molecular flexibility index (Phi) is 11.6. The third kappa shape index (κ3) is 8.45. The molecule has 1 heterocycles. The molecule has 4 N–H and O–H groups in total. The molecule has 1 rings (SSSR count). The van der Waals surface area contributed by atoms with Crippen LogP contribution >= 0.6 is 0 Å². The zero-order valence-electron chi connectivity index (χ0n) is 17.9. The van der Waals surface area contributed by atoms with Gasteiger partial charge in [-0.3, -0.25) is 9.59 Å². The molecule has 0 aliphatic carbocycles. The number of unbranched alkanes of at least 4 members (excludes halogenated alkanes) is 4. The molecule has 1 aliphatic heterocycles. The number of rotatable bonds is 12. The topological polar surface area (TPSA) is 108 Å². The van der Waals surface area contributed by atoms with Gasteiger partial charge in [0, 0.05) is 13.0 Å². The van der Waals surface area contributed by atoms with Crippen molar-refractivity contribution in [1.29, 1.82) is 0 Å². The number of amides is 2. The van der Waals surface area contributed by atoms with Crippen molar-refractivity contribution in [2.45, 2.75) is 110 Å². The van der Waals surface area contributed by atoms with Crippen LogP contribution in [0.1, 0.15) is 79.1 Å². The molecule has 0 saturated carbocycles. The summed E-state index contributed by atoms with van der Waals surface area (Å²) >= 11 is 0. The lowest BCUT2D eigenvalue weighted by Gasteiger charge is -2.41. The molecule has 7 heteroatoms. The van der Waals surface area contributed by atoms with Gasteiger partial charge in [-0.2, -0.15) is 0 Å². The number of aliphatic hydroxyl groups excluding tert-OH is 2. The molecule has 1 saturated heterocycles. The molecule has 164 valence electrons. The summed E-state index contributed by atoms with van der Waals surface area (Å²) < 4.78 is 5.62. The van der Waals surface area contributed by atoms with Crippen LogP contribution in [0.3, 0.4) is 0 Å². The highest BCUT2D eigenvalue weighted by molar-refractivity contribution is 5.82. The van der Waals surface area contributed by atoms with Crippen LogP contribution in [-0.2, 0) is 14.3 Å². The molecular weight excluding hydrogens is 360 g/mol. The largest absolute Gasteiger partial charge is 0.388 e. The minimum Gasteiger partial charge on any atom is -0.388 e. The molecule has 0 aromatic carbocycles. The second kappa shape index (κ2) is 13.1. The number of ether oxygens (including phenoxy) is 1. The van der Waals surface area contributed by atoms with Gasteiger partial charge < -0.3 is 25.6 Å². The summed E-state index contributed by atoms with van der Waals surface area (Å²) in [5.41, 5.74) is 0. The van der Waals surface area contributed by atoms with Gasteiger partial charge in [-0.25, -0.2) is 0 Å². The molecule has 0 aromatic heterocycles. The van der Waals surface area contributed by atoms with Crippen molar-refractivity contribution in [2.75, 3.05) is 6.54 Å². The number of hydrogen-bond acceptors (Lipinski definition) is 5. The molecule has 1 fully saturated rings. The van der Waals surface area contributed by atoms with Gasteiger partial charge in [0.25, 0.3) is 5.91 Å². The first kappa shape index (κ1) is 24.9. The predicted molar refractivity (Wildman–Crippen MR) is 109 cm³/mol. The summed E-state index contributed by atoms with van der Waals surface area (Å²) in [5, 5.41) is 26.2. The van der Waals surface area contributed by atoms with E-state index in [1.807, 2.05) is 6.92 Å². The minimum atomic E-state index is -1.38. The van der Waals surface area contributed by atoms with Crippen LogP contribution in [0, 0.1) is 5.92 Å². The van der Waals surface area contributed by atoms with E-state index in [0.29, 0.717) is 18.9 Å². The number of carbonyl (C=O) groups is 2. The van der Waals surface area contributed by atoms with Crippen LogP contribution < -0.4 is 10.6 Å². The Morgan fingerprint density at radius 2 is 1.71 bits per heavy atom. The lowest BCUT2D eigenvalue weighted by atomic mass is 9.92. The van der Waals surface area contributed by atoms with Gasteiger partial charge in [0.1, 0.15) is 12.2 Å². The summed E-state index contributed by atoms with van der Waals surface area (Å²) in [4.78, 5) is 24.4. The van der Waals surface area contributed by atoms with Crippen molar-refractivity contribution in [3.05, 3.63) is 0 Å². The summed E-state index contributed by atoms with van der Waals surface area (Å²) in [6, 6.07) is -0.733. The van der Waals surface area contributed by atoms with Crippen molar-refractivity contribution in [3.63, 3.8) is 0 Å². The van der Waals surface area contributed by atoms with Crippen molar-refractivity contribution in [1.82, 2.24) is 10.6 Å². The Labute approximate surface area is 169 Å². The maximum Gasteiger partial charge on any atom is 0.251 e. The first-order valence-electron chi connectivity index (χ1n) is 10.9. The zero-order chi connectivity index (χ0) is 21.1. The fourth-order valence-electron chi connectivity index (χ4n) is 3.42. The molecule has 2 unspecified atom stereocenters. The van der Waals surface area contributed by atoms with E-state index in [-0.39, 0.29) is 5.91 Å². The highest BCUT2D eigenvalue weighted by Crippen LogP contribution is 2.22. The fraction of sp³-hybridized carbons (Fsp3) is 0.905. The predicted octanol–water partition coefficient (Wildman–Crippen LogP) is 1.89. The number of nitrogens with one attached hydrogen (secondary N) is 2. The van der Waals surface area contributed by atoms with Gasteiger partial charge in [-0.05, 0) is 25.7 Å². The molecular formula is C21H40N2O5. The summed E-state index contributed by atoms with van der Waals surface area (Å²) in [7, 11) is 0. The van der Waals surface area contributed by atoms with Crippen LogP contribution in [0.15, 0.2) is 0 Å². The van der Waals surface area contributed by atoms with Gasteiger partial charge in [-0.15, -0.1) is 0 Å².